The summed E-state index contributed by atoms with van der Waals surface area (Å²) in [5, 5.41) is 2.81. The molecule has 1 saturated heterocycles. The predicted molar refractivity (Wildman–Crippen MR) is 108 cm³/mol. The normalized spacial score (nSPS) is 15.6. The predicted octanol–water partition coefficient (Wildman–Crippen LogP) is 2.87. The Kier molecular flexibility index (Phi) is 5.96. The molecule has 0 aromatic heterocycles. The van der Waals surface area contributed by atoms with E-state index in [0.29, 0.717) is 37.6 Å². The molecule has 8 heteroatoms. The van der Waals surface area contributed by atoms with Gasteiger partial charge in [0.05, 0.1) is 18.1 Å². The third-order valence-corrected chi connectivity index (χ3v) is 7.19. The minimum absolute atomic E-state index is 0.116. The van der Waals surface area contributed by atoms with E-state index in [1.165, 1.54) is 16.4 Å². The zero-order valence-corrected chi connectivity index (χ0v) is 17.2. The van der Waals surface area contributed by atoms with Crippen LogP contribution in [-0.2, 0) is 14.8 Å². The molecule has 0 aliphatic carbocycles. The van der Waals surface area contributed by atoms with Gasteiger partial charge in [0, 0.05) is 27.9 Å². The summed E-state index contributed by atoms with van der Waals surface area (Å²) in [4.78, 5) is 12.6. The van der Waals surface area contributed by atoms with E-state index >= 15 is 0 Å². The van der Waals surface area contributed by atoms with Crippen molar-refractivity contribution in [3.63, 3.8) is 0 Å². The van der Waals surface area contributed by atoms with Gasteiger partial charge in [0.25, 0.3) is 5.91 Å². The van der Waals surface area contributed by atoms with Crippen LogP contribution < -0.4 is 5.32 Å². The molecule has 0 atom stereocenters. The fourth-order valence-electron chi connectivity index (χ4n) is 2.61. The SMILES string of the molecule is Cc1ccc(NC(=O)c2cccc(S(=O)(=O)N3CCOCC3)c2)cc1I. The van der Waals surface area contributed by atoms with Crippen LogP contribution in [0.3, 0.4) is 0 Å². The number of nitrogens with one attached hydrogen (secondary N) is 1. The fraction of sp³-hybridized carbons (Fsp3) is 0.278. The number of hydrogen-bond acceptors (Lipinski definition) is 4. The highest BCUT2D eigenvalue weighted by atomic mass is 127. The topological polar surface area (TPSA) is 75.7 Å². The highest BCUT2D eigenvalue weighted by Gasteiger charge is 2.26. The van der Waals surface area contributed by atoms with Gasteiger partial charge < -0.3 is 10.1 Å². The zero-order chi connectivity index (χ0) is 18.7. The number of benzene rings is 2. The number of carbonyl (C=O) groups is 1. The number of hydrogen-bond donors (Lipinski definition) is 1. The van der Waals surface area contributed by atoms with Crippen molar-refractivity contribution in [2.24, 2.45) is 0 Å². The lowest BCUT2D eigenvalue weighted by atomic mass is 10.2. The summed E-state index contributed by atoms with van der Waals surface area (Å²) in [6.45, 7) is 3.39. The summed E-state index contributed by atoms with van der Waals surface area (Å²) >= 11 is 2.21. The molecule has 0 unspecified atom stereocenters. The van der Waals surface area contributed by atoms with Gasteiger partial charge in [-0.05, 0) is 65.4 Å². The highest BCUT2D eigenvalue weighted by Crippen LogP contribution is 2.20. The van der Waals surface area contributed by atoms with Crippen LogP contribution in [-0.4, -0.2) is 44.9 Å². The van der Waals surface area contributed by atoms with Gasteiger partial charge in [0.15, 0.2) is 0 Å². The number of nitrogens with zero attached hydrogens (tertiary/aromatic N) is 1. The minimum Gasteiger partial charge on any atom is -0.379 e. The molecular weight excluding hydrogens is 467 g/mol. The molecule has 1 fully saturated rings. The highest BCUT2D eigenvalue weighted by molar-refractivity contribution is 14.1. The number of aryl methyl sites for hydroxylation is 1. The maximum Gasteiger partial charge on any atom is 0.255 e. The van der Waals surface area contributed by atoms with E-state index in [-0.39, 0.29) is 10.8 Å². The van der Waals surface area contributed by atoms with Gasteiger partial charge in [-0.1, -0.05) is 12.1 Å². The lowest BCUT2D eigenvalue weighted by molar-refractivity contribution is 0.0730. The molecular formula is C18H19IN2O4S. The lowest BCUT2D eigenvalue weighted by Crippen LogP contribution is -2.40. The number of ether oxygens (including phenoxy) is 1. The van der Waals surface area contributed by atoms with Crippen LogP contribution in [0.1, 0.15) is 15.9 Å². The Balaban J connectivity index is 1.82. The Bertz CT molecular complexity index is 925. The van der Waals surface area contributed by atoms with Crippen LogP contribution in [0.4, 0.5) is 5.69 Å². The van der Waals surface area contributed by atoms with Crippen LogP contribution in [0, 0.1) is 10.5 Å². The van der Waals surface area contributed by atoms with E-state index in [1.807, 2.05) is 25.1 Å². The molecule has 0 saturated carbocycles. The Morgan fingerprint density at radius 3 is 2.58 bits per heavy atom. The maximum atomic E-state index is 12.7. The molecule has 138 valence electrons. The molecule has 1 amide bonds. The number of amides is 1. The molecule has 1 N–H and O–H groups in total. The molecule has 1 aliphatic heterocycles. The minimum atomic E-state index is -3.63. The van der Waals surface area contributed by atoms with Gasteiger partial charge in [-0.3, -0.25) is 4.79 Å². The van der Waals surface area contributed by atoms with Crippen LogP contribution >= 0.6 is 22.6 Å². The molecule has 1 aliphatic rings. The monoisotopic (exact) mass is 486 g/mol. The smallest absolute Gasteiger partial charge is 0.255 e. The van der Waals surface area contributed by atoms with Gasteiger partial charge >= 0.3 is 0 Å². The van der Waals surface area contributed by atoms with Gasteiger partial charge in [-0.2, -0.15) is 4.31 Å². The first kappa shape index (κ1) is 19.3. The van der Waals surface area contributed by atoms with Crippen LogP contribution in [0.25, 0.3) is 0 Å². The van der Waals surface area contributed by atoms with Crippen LogP contribution in [0.15, 0.2) is 47.4 Å². The average molecular weight is 486 g/mol. The molecule has 6 nitrogen and oxygen atoms in total. The standard InChI is InChI=1S/C18H19IN2O4S/c1-13-5-6-15(12-17(13)19)20-18(22)14-3-2-4-16(11-14)26(23,24)21-7-9-25-10-8-21/h2-6,11-12H,7-10H2,1H3,(H,20,22). The van der Waals surface area contributed by atoms with Crippen molar-refractivity contribution in [1.29, 1.82) is 0 Å². The van der Waals surface area contributed by atoms with E-state index in [2.05, 4.69) is 27.9 Å². The molecule has 3 rings (SSSR count). The Morgan fingerprint density at radius 1 is 1.15 bits per heavy atom. The summed E-state index contributed by atoms with van der Waals surface area (Å²) in [5.74, 6) is -0.344. The average Bonchev–Trinajstić information content (AvgIpc) is 2.65. The number of carbonyl (C=O) groups excluding carboxylic acids is 1. The van der Waals surface area contributed by atoms with E-state index in [0.717, 1.165) is 9.13 Å². The molecule has 2 aromatic carbocycles. The quantitative estimate of drug-likeness (QED) is 0.675. The number of morpholine rings is 1. The number of sulfonamides is 1. The first-order valence-electron chi connectivity index (χ1n) is 8.13. The van der Waals surface area contributed by atoms with Crippen molar-refractivity contribution in [3.8, 4) is 0 Å². The largest absolute Gasteiger partial charge is 0.379 e. The maximum absolute atomic E-state index is 12.7. The molecule has 1 heterocycles. The second-order valence-electron chi connectivity index (χ2n) is 5.96. The molecule has 0 radical (unpaired) electrons. The van der Waals surface area contributed by atoms with Crippen LogP contribution in [0.2, 0.25) is 0 Å². The van der Waals surface area contributed by atoms with Crippen molar-refractivity contribution in [2.45, 2.75) is 11.8 Å². The number of halogens is 1. The molecule has 2 aromatic rings. The number of anilines is 1. The second kappa shape index (κ2) is 8.03. The second-order valence-corrected chi connectivity index (χ2v) is 9.06. The summed E-state index contributed by atoms with van der Waals surface area (Å²) in [7, 11) is -3.63. The van der Waals surface area contributed by atoms with Gasteiger partial charge in [0.2, 0.25) is 10.0 Å². The number of rotatable bonds is 4. The van der Waals surface area contributed by atoms with Gasteiger partial charge in [-0.25, -0.2) is 8.42 Å². The Morgan fingerprint density at radius 2 is 1.88 bits per heavy atom. The Labute approximate surface area is 166 Å². The lowest BCUT2D eigenvalue weighted by Gasteiger charge is -2.26. The van der Waals surface area contributed by atoms with Crippen LogP contribution in [0.5, 0.6) is 0 Å². The summed E-state index contributed by atoms with van der Waals surface area (Å²) in [6, 6.07) is 11.7. The molecule has 0 spiro atoms. The van der Waals surface area contributed by atoms with E-state index < -0.39 is 10.0 Å². The third kappa shape index (κ3) is 4.25. The van der Waals surface area contributed by atoms with Gasteiger partial charge in [0.1, 0.15) is 0 Å². The fourth-order valence-corrected chi connectivity index (χ4v) is 4.58. The Hall–Kier alpha value is -1.49. The van der Waals surface area contributed by atoms with E-state index in [4.69, 9.17) is 4.74 Å². The van der Waals surface area contributed by atoms with Gasteiger partial charge in [-0.15, -0.1) is 0 Å². The van der Waals surface area contributed by atoms with Crippen molar-refractivity contribution < 1.29 is 17.9 Å². The third-order valence-electron chi connectivity index (χ3n) is 4.13. The first-order chi connectivity index (χ1) is 12.4. The summed E-state index contributed by atoms with van der Waals surface area (Å²) < 4.78 is 33.1. The summed E-state index contributed by atoms with van der Waals surface area (Å²) in [6.07, 6.45) is 0. The van der Waals surface area contributed by atoms with Crippen molar-refractivity contribution in [3.05, 3.63) is 57.2 Å². The zero-order valence-electron chi connectivity index (χ0n) is 14.2. The molecule has 0 bridgehead atoms. The molecule has 26 heavy (non-hydrogen) atoms. The van der Waals surface area contributed by atoms with Crippen molar-refractivity contribution >= 4 is 44.2 Å². The first-order valence-corrected chi connectivity index (χ1v) is 10.7. The van der Waals surface area contributed by atoms with E-state index in [9.17, 15) is 13.2 Å². The van der Waals surface area contributed by atoms with Crippen molar-refractivity contribution in [2.75, 3.05) is 31.6 Å². The van der Waals surface area contributed by atoms with Crippen molar-refractivity contribution in [1.82, 2.24) is 4.31 Å². The summed E-state index contributed by atoms with van der Waals surface area (Å²) in [5.41, 5.74) is 2.10. The van der Waals surface area contributed by atoms with E-state index in [1.54, 1.807) is 12.1 Å².